The molecule has 0 saturated carbocycles. The Morgan fingerprint density at radius 1 is 0.435 bits per heavy atom. The fourth-order valence-electron chi connectivity index (χ4n) is 8.07. The summed E-state index contributed by atoms with van der Waals surface area (Å²) in [5, 5.41) is 8.17. The highest BCUT2D eigenvalue weighted by molar-refractivity contribution is 7.17. The van der Waals surface area contributed by atoms with Gasteiger partial charge in [0, 0.05) is 38.0 Å². The molecule has 4 heteroatoms. The molecule has 0 aliphatic heterocycles. The average molecular weight is 860 g/mol. The lowest BCUT2D eigenvalue weighted by molar-refractivity contribution is 0.590. The van der Waals surface area contributed by atoms with Crippen molar-refractivity contribution < 1.29 is 0 Å². The van der Waals surface area contributed by atoms with E-state index in [0.29, 0.717) is 5.02 Å². The van der Waals surface area contributed by atoms with Gasteiger partial charge >= 0.3 is 0 Å². The fourth-order valence-corrected chi connectivity index (χ4v) is 9.27. The number of nitrogens with one attached hydrogen (secondary N) is 1. The minimum atomic E-state index is -0.0324. The molecule has 0 radical (unpaired) electrons. The van der Waals surface area contributed by atoms with Crippen LogP contribution >= 0.6 is 22.9 Å². The number of rotatable bonds is 7. The van der Waals surface area contributed by atoms with Gasteiger partial charge in [0.15, 0.2) is 0 Å². The van der Waals surface area contributed by atoms with Gasteiger partial charge in [0.05, 0.1) is 22.1 Å². The number of fused-ring (bicyclic) bond motifs is 1. The van der Waals surface area contributed by atoms with Crippen molar-refractivity contribution in [2.24, 2.45) is 0 Å². The Morgan fingerprint density at radius 2 is 0.871 bits per heavy atom. The van der Waals surface area contributed by atoms with Crippen molar-refractivity contribution in [3.8, 4) is 22.3 Å². The monoisotopic (exact) mass is 858 g/mol. The van der Waals surface area contributed by atoms with Gasteiger partial charge in [-0.2, -0.15) is 0 Å². The van der Waals surface area contributed by atoms with E-state index in [-0.39, 0.29) is 27.1 Å². The molecule has 1 aromatic heterocycles. The summed E-state index contributed by atoms with van der Waals surface area (Å²) in [7, 11) is 0. The van der Waals surface area contributed by atoms with E-state index in [4.69, 9.17) is 11.6 Å². The normalized spacial score (nSPS) is 12.8. The number of nitrogens with zero attached hydrogens (tertiary/aromatic N) is 1. The molecule has 1 N–H and O–H groups in total. The van der Waals surface area contributed by atoms with Crippen molar-refractivity contribution in [3.63, 3.8) is 0 Å². The summed E-state index contributed by atoms with van der Waals surface area (Å²) >= 11 is 9.79. The quantitative estimate of drug-likeness (QED) is 0.172. The number of hydrogen-bond donors (Lipinski definition) is 1. The first-order chi connectivity index (χ1) is 28.8. The Balaban J connectivity index is 1.49. The zero-order chi connectivity index (χ0) is 45.2. The van der Waals surface area contributed by atoms with E-state index >= 15 is 0 Å². The average Bonchev–Trinajstić information content (AvgIpc) is 3.61. The second-order valence-corrected chi connectivity index (χ2v) is 23.6. The van der Waals surface area contributed by atoms with Crippen LogP contribution in [0.5, 0.6) is 0 Å². The zero-order valence-electron chi connectivity index (χ0n) is 39.9. The maximum atomic E-state index is 8.01. The highest BCUT2D eigenvalue weighted by atomic mass is 35.5. The van der Waals surface area contributed by atoms with Crippen LogP contribution in [-0.2, 0) is 27.1 Å². The molecular formula is C58H67ClN2S. The SMILES string of the molecule is CC(C)(C)c1ccc(-c2cc(C(C)(C)C)ccc2Nc2c(-c3ccc(C(C)(C)C)cc3)ccc(N(c3ccc(C(C)(C)C)cc3)c3csc4ccc(C(C)(C)C)cc34)c2Cl)cc1. The van der Waals surface area contributed by atoms with E-state index in [1.54, 1.807) is 11.3 Å². The largest absolute Gasteiger partial charge is 0.353 e. The summed E-state index contributed by atoms with van der Waals surface area (Å²) < 4.78 is 1.25. The first-order valence-corrected chi connectivity index (χ1v) is 23.4. The van der Waals surface area contributed by atoms with Gasteiger partial charge in [-0.15, -0.1) is 11.3 Å². The minimum absolute atomic E-state index is 0.00117. The summed E-state index contributed by atoms with van der Waals surface area (Å²) in [4.78, 5) is 2.37. The standard InChI is InChI=1S/C58H67ClN2S/c1-54(2,3)39-20-16-37(17-21-39)45-30-32-49(52(59)53(45)60-48-31-26-42(57(10,11)12)34-46(48)38-18-22-40(23-19-38)55(4,5)6)61(44-28-24-41(25-29-44)56(7,8)9)50-36-62-51-33-27-43(35-47(50)51)58(13,14)15/h16-36,60H,1-15H3. The van der Waals surface area contributed by atoms with Crippen LogP contribution in [-0.4, -0.2) is 0 Å². The molecule has 0 amide bonds. The van der Waals surface area contributed by atoms with Crippen LogP contribution in [0.4, 0.5) is 28.4 Å². The summed E-state index contributed by atoms with van der Waals surface area (Å²) in [5.74, 6) is 0. The van der Waals surface area contributed by atoms with E-state index in [1.807, 2.05) is 0 Å². The van der Waals surface area contributed by atoms with Crippen LogP contribution in [0, 0.1) is 0 Å². The van der Waals surface area contributed by atoms with Gasteiger partial charge in [0.1, 0.15) is 0 Å². The summed E-state index contributed by atoms with van der Waals surface area (Å²) in [5.41, 5.74) is 16.0. The third-order valence-corrected chi connectivity index (χ3v) is 13.6. The molecule has 0 bridgehead atoms. The Kier molecular flexibility index (Phi) is 11.9. The molecule has 0 spiro atoms. The lowest BCUT2D eigenvalue weighted by Gasteiger charge is -2.29. The molecule has 0 unspecified atom stereocenters. The minimum Gasteiger partial charge on any atom is -0.353 e. The van der Waals surface area contributed by atoms with E-state index in [1.165, 1.54) is 37.9 Å². The lowest BCUT2D eigenvalue weighted by Crippen LogP contribution is -2.14. The van der Waals surface area contributed by atoms with E-state index in [9.17, 15) is 0 Å². The molecule has 0 fully saturated rings. The number of halogens is 1. The van der Waals surface area contributed by atoms with E-state index in [0.717, 1.165) is 50.7 Å². The van der Waals surface area contributed by atoms with Gasteiger partial charge in [-0.1, -0.05) is 194 Å². The Hall–Kier alpha value is -4.83. The highest BCUT2D eigenvalue weighted by Gasteiger charge is 2.27. The lowest BCUT2D eigenvalue weighted by atomic mass is 9.83. The third-order valence-electron chi connectivity index (χ3n) is 12.3. The Morgan fingerprint density at radius 3 is 1.37 bits per heavy atom. The maximum absolute atomic E-state index is 8.01. The van der Waals surface area contributed by atoms with Gasteiger partial charge in [-0.3, -0.25) is 0 Å². The second kappa shape index (κ2) is 16.4. The Bertz CT molecular complexity index is 2700. The Labute approximate surface area is 382 Å². The van der Waals surface area contributed by atoms with Crippen molar-refractivity contribution in [1.29, 1.82) is 0 Å². The van der Waals surface area contributed by atoms with Gasteiger partial charge in [-0.25, -0.2) is 0 Å². The molecule has 2 nitrogen and oxygen atoms in total. The predicted octanol–water partition coefficient (Wildman–Crippen LogP) is 18.6. The second-order valence-electron chi connectivity index (χ2n) is 22.3. The van der Waals surface area contributed by atoms with Crippen molar-refractivity contribution in [2.45, 2.75) is 131 Å². The molecule has 1 heterocycles. The van der Waals surface area contributed by atoms with Gasteiger partial charge in [0.2, 0.25) is 0 Å². The molecule has 62 heavy (non-hydrogen) atoms. The first-order valence-electron chi connectivity index (χ1n) is 22.2. The maximum Gasteiger partial charge on any atom is 0.0887 e. The number of thiophene rings is 1. The van der Waals surface area contributed by atoms with Crippen LogP contribution in [0.2, 0.25) is 5.02 Å². The van der Waals surface area contributed by atoms with Crippen LogP contribution in [0.3, 0.4) is 0 Å². The van der Waals surface area contributed by atoms with E-state index in [2.05, 4.69) is 241 Å². The van der Waals surface area contributed by atoms with E-state index < -0.39 is 0 Å². The molecule has 0 aliphatic carbocycles. The van der Waals surface area contributed by atoms with Crippen molar-refractivity contribution >= 4 is 61.5 Å². The summed E-state index contributed by atoms with van der Waals surface area (Å²) in [6, 6.07) is 45.4. The number of benzene rings is 6. The first kappa shape index (κ1) is 45.2. The van der Waals surface area contributed by atoms with Gasteiger partial charge in [-0.05, 0) is 108 Å². The topological polar surface area (TPSA) is 15.3 Å². The van der Waals surface area contributed by atoms with Crippen LogP contribution in [0.15, 0.2) is 127 Å². The molecular weight excluding hydrogens is 792 g/mol. The van der Waals surface area contributed by atoms with Crippen LogP contribution in [0.1, 0.15) is 132 Å². The molecule has 322 valence electrons. The molecule has 0 saturated heterocycles. The summed E-state index contributed by atoms with van der Waals surface area (Å²) in [6.45, 7) is 34.1. The molecule has 6 aromatic carbocycles. The predicted molar refractivity (Wildman–Crippen MR) is 276 cm³/mol. The molecule has 7 aromatic rings. The zero-order valence-corrected chi connectivity index (χ0v) is 41.4. The van der Waals surface area contributed by atoms with Crippen LogP contribution in [0.25, 0.3) is 32.3 Å². The third kappa shape index (κ3) is 9.41. The number of hydrogen-bond acceptors (Lipinski definition) is 3. The smallest absolute Gasteiger partial charge is 0.0887 e. The summed E-state index contributed by atoms with van der Waals surface area (Å²) in [6.07, 6.45) is 0. The van der Waals surface area contributed by atoms with Crippen molar-refractivity contribution in [1.82, 2.24) is 0 Å². The molecule has 7 rings (SSSR count). The van der Waals surface area contributed by atoms with Crippen LogP contribution < -0.4 is 10.2 Å². The van der Waals surface area contributed by atoms with Crippen molar-refractivity contribution in [2.75, 3.05) is 10.2 Å². The van der Waals surface area contributed by atoms with Gasteiger partial charge in [0.25, 0.3) is 0 Å². The number of anilines is 5. The molecule has 0 atom stereocenters. The van der Waals surface area contributed by atoms with Crippen molar-refractivity contribution in [3.05, 3.63) is 160 Å². The highest BCUT2D eigenvalue weighted by Crippen LogP contribution is 2.50. The fraction of sp³-hybridized carbons (Fsp3) is 0.345. The molecule has 0 aliphatic rings. The van der Waals surface area contributed by atoms with Gasteiger partial charge < -0.3 is 10.2 Å².